The molecule has 0 atom stereocenters. The van der Waals surface area contributed by atoms with Crippen LogP contribution in [0.5, 0.6) is 0 Å². The van der Waals surface area contributed by atoms with Crippen molar-refractivity contribution in [1.82, 2.24) is 4.31 Å². The molecule has 0 aromatic carbocycles. The summed E-state index contributed by atoms with van der Waals surface area (Å²) in [6.45, 7) is 6.25. The van der Waals surface area contributed by atoms with Gasteiger partial charge in [0.2, 0.25) is 0 Å². The number of carboxylic acids is 1. The molecule has 108 valence electrons. The highest BCUT2D eigenvalue weighted by atomic mass is 32.2. The quantitative estimate of drug-likeness (QED) is 0.840. The van der Waals surface area contributed by atoms with Crippen molar-refractivity contribution in [2.45, 2.75) is 37.8 Å². The van der Waals surface area contributed by atoms with Crippen LogP contribution in [0.4, 0.5) is 0 Å². The lowest BCUT2D eigenvalue weighted by atomic mass is 10.3. The minimum Gasteiger partial charge on any atom is -0.477 e. The largest absolute Gasteiger partial charge is 0.477 e. The summed E-state index contributed by atoms with van der Waals surface area (Å²) in [6.07, 6.45) is 1.71. The van der Waals surface area contributed by atoms with E-state index in [0.717, 1.165) is 24.2 Å². The summed E-state index contributed by atoms with van der Waals surface area (Å²) < 4.78 is 26.3. The Morgan fingerprint density at radius 3 is 2.47 bits per heavy atom. The van der Waals surface area contributed by atoms with E-state index < -0.39 is 16.0 Å². The zero-order valence-corrected chi connectivity index (χ0v) is 13.0. The first-order chi connectivity index (χ1) is 8.84. The summed E-state index contributed by atoms with van der Waals surface area (Å²) in [7, 11) is -3.57. The second kappa shape index (κ2) is 6.49. The van der Waals surface area contributed by atoms with Crippen LogP contribution in [0.2, 0.25) is 0 Å². The van der Waals surface area contributed by atoms with Crippen LogP contribution < -0.4 is 0 Å². The zero-order valence-electron chi connectivity index (χ0n) is 11.3. The van der Waals surface area contributed by atoms with Gasteiger partial charge >= 0.3 is 5.97 Å². The number of aryl methyl sites for hydroxylation is 1. The van der Waals surface area contributed by atoms with E-state index in [1.807, 2.05) is 6.92 Å². The molecule has 0 radical (unpaired) electrons. The molecular weight excluding hydrogens is 286 g/mol. The van der Waals surface area contributed by atoms with Crippen LogP contribution in [-0.4, -0.2) is 36.9 Å². The van der Waals surface area contributed by atoms with E-state index in [-0.39, 0.29) is 9.09 Å². The Labute approximate surface area is 117 Å². The standard InChI is InChI=1S/C12H19NO4S2/c1-4-6-7-13(5-2)19(16,17)10-8-9(3)11(18-10)12(14)15/h8H,4-7H2,1-3H3,(H,14,15). The first-order valence-electron chi connectivity index (χ1n) is 6.18. The number of hydrogen-bond donors (Lipinski definition) is 1. The Hall–Kier alpha value is -0.920. The fraction of sp³-hybridized carbons (Fsp3) is 0.583. The number of nitrogens with zero attached hydrogens (tertiary/aromatic N) is 1. The molecule has 0 amide bonds. The third-order valence-electron chi connectivity index (χ3n) is 2.80. The van der Waals surface area contributed by atoms with Crippen LogP contribution in [-0.2, 0) is 10.0 Å². The van der Waals surface area contributed by atoms with Gasteiger partial charge in [-0.15, -0.1) is 11.3 Å². The number of unbranched alkanes of at least 4 members (excludes halogenated alkanes) is 1. The van der Waals surface area contributed by atoms with Gasteiger partial charge in [0.05, 0.1) is 0 Å². The number of carbonyl (C=O) groups is 1. The van der Waals surface area contributed by atoms with Gasteiger partial charge in [-0.25, -0.2) is 13.2 Å². The molecule has 1 aromatic rings. The highest BCUT2D eigenvalue weighted by Gasteiger charge is 2.26. The van der Waals surface area contributed by atoms with Gasteiger partial charge in [-0.2, -0.15) is 4.31 Å². The molecular formula is C12H19NO4S2. The molecule has 0 saturated heterocycles. The number of carboxylic acid groups (broad SMARTS) is 1. The van der Waals surface area contributed by atoms with Crippen molar-refractivity contribution in [3.63, 3.8) is 0 Å². The lowest BCUT2D eigenvalue weighted by Gasteiger charge is -2.18. The number of thiophene rings is 1. The second-order valence-electron chi connectivity index (χ2n) is 4.23. The normalized spacial score (nSPS) is 12.0. The van der Waals surface area contributed by atoms with Crippen molar-refractivity contribution in [3.8, 4) is 0 Å². The van der Waals surface area contributed by atoms with Crippen LogP contribution in [0.15, 0.2) is 10.3 Å². The molecule has 1 N–H and O–H groups in total. The van der Waals surface area contributed by atoms with Crippen molar-refractivity contribution in [2.24, 2.45) is 0 Å². The van der Waals surface area contributed by atoms with Crippen LogP contribution >= 0.6 is 11.3 Å². The minimum atomic E-state index is -3.57. The van der Waals surface area contributed by atoms with Gasteiger partial charge in [0.25, 0.3) is 10.0 Å². The molecule has 0 saturated carbocycles. The van der Waals surface area contributed by atoms with Gasteiger partial charge in [-0.05, 0) is 25.0 Å². The smallest absolute Gasteiger partial charge is 0.346 e. The topological polar surface area (TPSA) is 74.7 Å². The van der Waals surface area contributed by atoms with E-state index in [0.29, 0.717) is 18.7 Å². The molecule has 1 heterocycles. The SMILES string of the molecule is CCCCN(CC)S(=O)(=O)c1cc(C)c(C(=O)O)s1. The maximum atomic E-state index is 12.4. The predicted octanol–water partition coefficient (Wildman–Crippen LogP) is 2.57. The maximum Gasteiger partial charge on any atom is 0.346 e. The minimum absolute atomic E-state index is 0.0881. The third-order valence-corrected chi connectivity index (χ3v) is 6.45. The van der Waals surface area contributed by atoms with E-state index >= 15 is 0 Å². The number of sulfonamides is 1. The summed E-state index contributed by atoms with van der Waals surface area (Å²) in [4.78, 5) is 11.1. The predicted molar refractivity (Wildman–Crippen MR) is 75.4 cm³/mol. The summed E-state index contributed by atoms with van der Waals surface area (Å²) >= 11 is 0.823. The van der Waals surface area contributed by atoms with E-state index in [1.54, 1.807) is 13.8 Å². The molecule has 0 spiro atoms. The monoisotopic (exact) mass is 305 g/mol. The van der Waals surface area contributed by atoms with Crippen molar-refractivity contribution in [1.29, 1.82) is 0 Å². The average molecular weight is 305 g/mol. The Morgan fingerprint density at radius 1 is 1.42 bits per heavy atom. The Morgan fingerprint density at radius 2 is 2.05 bits per heavy atom. The first-order valence-corrected chi connectivity index (χ1v) is 8.44. The lowest BCUT2D eigenvalue weighted by Crippen LogP contribution is -2.31. The van der Waals surface area contributed by atoms with Gasteiger partial charge in [0.1, 0.15) is 9.09 Å². The Balaban J connectivity index is 3.11. The highest BCUT2D eigenvalue weighted by Crippen LogP contribution is 2.28. The Kier molecular flexibility index (Phi) is 5.51. The molecule has 1 rings (SSSR count). The van der Waals surface area contributed by atoms with Gasteiger partial charge in [0.15, 0.2) is 0 Å². The number of rotatable bonds is 7. The van der Waals surface area contributed by atoms with Crippen LogP contribution in [0.1, 0.15) is 41.9 Å². The molecule has 7 heteroatoms. The molecule has 0 aliphatic rings. The van der Waals surface area contributed by atoms with E-state index in [9.17, 15) is 13.2 Å². The fourth-order valence-electron chi connectivity index (χ4n) is 1.70. The molecule has 0 aliphatic carbocycles. The molecule has 19 heavy (non-hydrogen) atoms. The van der Waals surface area contributed by atoms with Gasteiger partial charge < -0.3 is 5.11 Å². The third kappa shape index (κ3) is 3.55. The van der Waals surface area contributed by atoms with Crippen LogP contribution in [0, 0.1) is 6.92 Å². The van der Waals surface area contributed by atoms with Crippen molar-refractivity contribution < 1.29 is 18.3 Å². The number of aromatic carboxylic acids is 1. The van der Waals surface area contributed by atoms with Gasteiger partial charge in [0, 0.05) is 13.1 Å². The summed E-state index contributed by atoms with van der Waals surface area (Å²) in [5.74, 6) is -1.08. The summed E-state index contributed by atoms with van der Waals surface area (Å²) in [6, 6.07) is 1.44. The lowest BCUT2D eigenvalue weighted by molar-refractivity contribution is 0.0701. The van der Waals surface area contributed by atoms with Gasteiger partial charge in [-0.1, -0.05) is 20.3 Å². The molecule has 0 bridgehead atoms. The van der Waals surface area contributed by atoms with Crippen LogP contribution in [0.3, 0.4) is 0 Å². The molecule has 0 aliphatic heterocycles. The summed E-state index contributed by atoms with van der Waals surface area (Å²) in [5, 5.41) is 8.98. The van der Waals surface area contributed by atoms with Gasteiger partial charge in [-0.3, -0.25) is 0 Å². The van der Waals surface area contributed by atoms with E-state index in [4.69, 9.17) is 5.11 Å². The summed E-state index contributed by atoms with van der Waals surface area (Å²) in [5.41, 5.74) is 0.489. The van der Waals surface area contributed by atoms with Crippen LogP contribution in [0.25, 0.3) is 0 Å². The highest BCUT2D eigenvalue weighted by molar-refractivity contribution is 7.91. The first kappa shape index (κ1) is 16.1. The van der Waals surface area contributed by atoms with Crippen molar-refractivity contribution in [2.75, 3.05) is 13.1 Å². The van der Waals surface area contributed by atoms with E-state index in [1.165, 1.54) is 10.4 Å². The molecule has 1 aromatic heterocycles. The van der Waals surface area contributed by atoms with Crippen molar-refractivity contribution >= 4 is 27.3 Å². The van der Waals surface area contributed by atoms with E-state index in [2.05, 4.69) is 0 Å². The molecule has 0 fully saturated rings. The fourth-order valence-corrected chi connectivity index (χ4v) is 4.72. The average Bonchev–Trinajstić information content (AvgIpc) is 2.73. The maximum absolute atomic E-state index is 12.4. The molecule has 0 unspecified atom stereocenters. The Bertz CT molecular complexity index is 548. The van der Waals surface area contributed by atoms with Crippen molar-refractivity contribution in [3.05, 3.63) is 16.5 Å². The second-order valence-corrected chi connectivity index (χ2v) is 7.45. The number of hydrogen-bond acceptors (Lipinski definition) is 4. The zero-order chi connectivity index (χ0) is 14.6. The molecule has 5 nitrogen and oxygen atoms in total.